The molecule has 1 unspecified atom stereocenters. The lowest BCUT2D eigenvalue weighted by Crippen LogP contribution is -2.21. The van der Waals surface area contributed by atoms with Crippen molar-refractivity contribution in [3.8, 4) is 11.8 Å². The number of fused-ring (bicyclic) bond motifs is 3. The Morgan fingerprint density at radius 3 is 3.25 bits per heavy atom. The predicted octanol–water partition coefficient (Wildman–Crippen LogP) is 1.89. The quantitative estimate of drug-likeness (QED) is 0.667. The average Bonchev–Trinajstić information content (AvgIpc) is 3.17. The largest absolute Gasteiger partial charge is 0.384 e. The molecule has 0 saturated heterocycles. The highest BCUT2D eigenvalue weighted by Gasteiger charge is 2.29. The minimum absolute atomic E-state index is 0.0269. The second-order valence-electron chi connectivity index (χ2n) is 5.60. The minimum Gasteiger partial charge on any atom is -0.384 e. The van der Waals surface area contributed by atoms with Crippen molar-refractivity contribution in [2.75, 3.05) is 6.61 Å². The van der Waals surface area contributed by atoms with Gasteiger partial charge in [0, 0.05) is 34.4 Å². The highest BCUT2D eigenvalue weighted by molar-refractivity contribution is 7.10. The van der Waals surface area contributed by atoms with Crippen LogP contribution in [0.2, 0.25) is 0 Å². The van der Waals surface area contributed by atoms with Crippen molar-refractivity contribution in [3.63, 3.8) is 0 Å². The summed E-state index contributed by atoms with van der Waals surface area (Å²) >= 11 is 1.59. The molecule has 0 spiro atoms. The molecule has 1 atom stereocenters. The van der Waals surface area contributed by atoms with Gasteiger partial charge < -0.3 is 14.8 Å². The fourth-order valence-electron chi connectivity index (χ4n) is 3.08. The first-order valence-electron chi connectivity index (χ1n) is 7.67. The monoisotopic (exact) mass is 337 g/mol. The number of nitrogens with zero attached hydrogens (tertiary/aromatic N) is 2. The highest BCUT2D eigenvalue weighted by Crippen LogP contribution is 2.36. The number of hydrogen-bond donors (Lipinski definition) is 2. The van der Waals surface area contributed by atoms with Gasteiger partial charge in [-0.25, -0.2) is 4.98 Å². The first-order valence-corrected chi connectivity index (χ1v) is 8.55. The molecule has 24 heavy (non-hydrogen) atoms. The van der Waals surface area contributed by atoms with Crippen LogP contribution in [0.4, 0.5) is 0 Å². The first-order chi connectivity index (χ1) is 11.8. The summed E-state index contributed by atoms with van der Waals surface area (Å²) in [4.78, 5) is 17.9. The van der Waals surface area contributed by atoms with E-state index < -0.39 is 0 Å². The number of nitrogens with one attached hydrogen (secondary N) is 1. The molecule has 3 aromatic heterocycles. The van der Waals surface area contributed by atoms with Crippen LogP contribution in [0.3, 0.4) is 0 Å². The van der Waals surface area contributed by atoms with Gasteiger partial charge in [-0.3, -0.25) is 4.79 Å². The number of aromatic nitrogens is 2. The number of imidazole rings is 1. The van der Waals surface area contributed by atoms with Crippen LogP contribution in [0.5, 0.6) is 0 Å². The van der Waals surface area contributed by atoms with Gasteiger partial charge in [0.15, 0.2) is 0 Å². The molecule has 6 heteroatoms. The number of hydrogen-bond acceptors (Lipinski definition) is 4. The van der Waals surface area contributed by atoms with Crippen molar-refractivity contribution in [2.24, 2.45) is 0 Å². The second kappa shape index (κ2) is 6.11. The Labute approximate surface area is 143 Å². The maximum atomic E-state index is 12.1. The van der Waals surface area contributed by atoms with Crippen LogP contribution >= 0.6 is 11.3 Å². The zero-order valence-electron chi connectivity index (χ0n) is 12.8. The summed E-state index contributed by atoms with van der Waals surface area (Å²) in [5.74, 6) is 5.56. The van der Waals surface area contributed by atoms with Gasteiger partial charge in [0.1, 0.15) is 12.3 Å². The van der Waals surface area contributed by atoms with E-state index in [2.05, 4.69) is 26.5 Å². The molecule has 120 valence electrons. The van der Waals surface area contributed by atoms with Crippen LogP contribution in [0, 0.1) is 11.8 Å². The number of amides is 1. The maximum Gasteiger partial charge on any atom is 0.221 e. The van der Waals surface area contributed by atoms with E-state index in [9.17, 15) is 4.79 Å². The topological polar surface area (TPSA) is 66.6 Å². The Hall–Kier alpha value is -2.62. The van der Waals surface area contributed by atoms with E-state index in [1.807, 2.05) is 35.8 Å². The number of aliphatic hydroxyl groups excluding tert-OH is 1. The number of pyridine rings is 1. The van der Waals surface area contributed by atoms with Gasteiger partial charge in [0.05, 0.1) is 17.9 Å². The number of aliphatic hydroxyl groups is 1. The molecule has 1 aliphatic rings. The zero-order valence-corrected chi connectivity index (χ0v) is 13.6. The van der Waals surface area contributed by atoms with Crippen molar-refractivity contribution in [1.82, 2.24) is 14.7 Å². The fraction of sp³-hybridized carbons (Fsp3) is 0.222. The molecule has 0 fully saturated rings. The lowest BCUT2D eigenvalue weighted by atomic mass is 9.98. The lowest BCUT2D eigenvalue weighted by Gasteiger charge is -2.13. The van der Waals surface area contributed by atoms with Crippen LogP contribution in [0.25, 0.3) is 5.65 Å². The molecule has 4 rings (SSSR count). The molecule has 2 N–H and O–H groups in total. The van der Waals surface area contributed by atoms with Crippen molar-refractivity contribution in [1.29, 1.82) is 0 Å². The maximum absolute atomic E-state index is 12.1. The van der Waals surface area contributed by atoms with E-state index in [-0.39, 0.29) is 18.4 Å². The first kappa shape index (κ1) is 14.9. The third kappa shape index (κ3) is 2.58. The minimum atomic E-state index is -0.158. The smallest absolute Gasteiger partial charge is 0.221 e. The summed E-state index contributed by atoms with van der Waals surface area (Å²) in [6, 6.07) is 7.91. The van der Waals surface area contributed by atoms with Crippen LogP contribution in [0.1, 0.15) is 34.2 Å². The predicted molar refractivity (Wildman–Crippen MR) is 91.8 cm³/mol. The Morgan fingerprint density at radius 1 is 1.46 bits per heavy atom. The third-order valence-corrected chi connectivity index (χ3v) is 5.14. The Bertz CT molecular complexity index is 977. The zero-order chi connectivity index (χ0) is 16.5. The lowest BCUT2D eigenvalue weighted by molar-refractivity contribution is -0.121. The SMILES string of the molecule is O=C1CC(c2cc(C#CCO)cs2)c2c(nc3ccccn23)CN1. The van der Waals surface area contributed by atoms with Crippen molar-refractivity contribution in [3.05, 3.63) is 57.7 Å². The van der Waals surface area contributed by atoms with Gasteiger partial charge in [-0.1, -0.05) is 17.9 Å². The average molecular weight is 337 g/mol. The normalized spacial score (nSPS) is 16.9. The van der Waals surface area contributed by atoms with Crippen molar-refractivity contribution in [2.45, 2.75) is 18.9 Å². The number of carbonyl (C=O) groups is 1. The van der Waals surface area contributed by atoms with E-state index in [0.717, 1.165) is 27.5 Å². The van der Waals surface area contributed by atoms with E-state index in [4.69, 9.17) is 5.11 Å². The van der Waals surface area contributed by atoms with Crippen LogP contribution < -0.4 is 5.32 Å². The van der Waals surface area contributed by atoms with Gasteiger partial charge in [0.25, 0.3) is 0 Å². The summed E-state index contributed by atoms with van der Waals surface area (Å²) in [5, 5.41) is 13.7. The summed E-state index contributed by atoms with van der Waals surface area (Å²) in [6.45, 7) is 0.295. The molecule has 0 aliphatic carbocycles. The van der Waals surface area contributed by atoms with Crippen molar-refractivity contribution < 1.29 is 9.90 Å². The van der Waals surface area contributed by atoms with Crippen molar-refractivity contribution >= 4 is 22.9 Å². The van der Waals surface area contributed by atoms with E-state index in [1.165, 1.54) is 0 Å². The van der Waals surface area contributed by atoms with Gasteiger partial charge in [-0.2, -0.15) is 0 Å². The molecular weight excluding hydrogens is 322 g/mol. The van der Waals surface area contributed by atoms with Crippen LogP contribution in [0.15, 0.2) is 35.8 Å². The molecular formula is C18H15N3O2S. The Balaban J connectivity index is 1.85. The molecule has 1 amide bonds. The summed E-state index contributed by atoms with van der Waals surface area (Å²) in [6.07, 6.45) is 2.38. The van der Waals surface area contributed by atoms with Gasteiger partial charge in [-0.15, -0.1) is 11.3 Å². The molecule has 4 heterocycles. The fourth-order valence-corrected chi connectivity index (χ4v) is 4.02. The summed E-state index contributed by atoms with van der Waals surface area (Å²) in [7, 11) is 0. The Morgan fingerprint density at radius 2 is 2.38 bits per heavy atom. The van der Waals surface area contributed by atoms with Gasteiger partial charge in [0.2, 0.25) is 5.91 Å². The van der Waals surface area contributed by atoms with Gasteiger partial charge >= 0.3 is 0 Å². The number of thiophene rings is 1. The van der Waals surface area contributed by atoms with Gasteiger partial charge in [-0.05, 0) is 18.2 Å². The molecule has 0 radical (unpaired) electrons. The molecule has 0 bridgehead atoms. The Kier molecular flexibility index (Phi) is 3.81. The van der Waals surface area contributed by atoms with E-state index in [1.54, 1.807) is 11.3 Å². The summed E-state index contributed by atoms with van der Waals surface area (Å²) < 4.78 is 2.07. The standard InChI is InChI=1S/C18H15N3O2S/c22-7-3-4-12-8-15(24-11-12)13-9-17(23)19-10-14-18(13)21-6-2-1-5-16(21)20-14/h1-2,5-6,8,11,13,22H,7,9-10H2,(H,19,23). The third-order valence-electron chi connectivity index (χ3n) is 4.09. The molecule has 5 nitrogen and oxygen atoms in total. The molecule has 1 aliphatic heterocycles. The van der Waals surface area contributed by atoms with Crippen LogP contribution in [-0.4, -0.2) is 27.0 Å². The highest BCUT2D eigenvalue weighted by atomic mass is 32.1. The molecule has 0 aromatic carbocycles. The summed E-state index contributed by atoms with van der Waals surface area (Å²) in [5.41, 5.74) is 3.73. The van der Waals surface area contributed by atoms with Crippen LogP contribution in [-0.2, 0) is 11.3 Å². The van der Waals surface area contributed by atoms with E-state index >= 15 is 0 Å². The molecule has 3 aromatic rings. The van der Waals surface area contributed by atoms with E-state index in [0.29, 0.717) is 13.0 Å². The molecule has 0 saturated carbocycles. The second-order valence-corrected chi connectivity index (χ2v) is 6.55. The number of rotatable bonds is 1. The number of carbonyl (C=O) groups excluding carboxylic acids is 1.